The number of alkyl halides is 3. The predicted octanol–water partition coefficient (Wildman–Crippen LogP) is 2.54. The highest BCUT2D eigenvalue weighted by atomic mass is 19.4. The van der Waals surface area contributed by atoms with E-state index < -0.39 is 17.7 Å². The first-order valence-corrected chi connectivity index (χ1v) is 5.36. The Kier molecular flexibility index (Phi) is 4.72. The van der Waals surface area contributed by atoms with Crippen molar-refractivity contribution in [2.45, 2.75) is 24.9 Å². The maximum absolute atomic E-state index is 12.3. The maximum atomic E-state index is 12.3. The molecule has 18 heavy (non-hydrogen) atoms. The number of ether oxygens (including phenoxy) is 2. The molecule has 1 rings (SSSR count). The van der Waals surface area contributed by atoms with Crippen molar-refractivity contribution in [3.8, 4) is 0 Å². The molecule has 0 heterocycles. The molecule has 0 aliphatic carbocycles. The van der Waals surface area contributed by atoms with E-state index in [9.17, 15) is 13.2 Å². The molecule has 0 amide bonds. The van der Waals surface area contributed by atoms with Gasteiger partial charge in [-0.15, -0.1) is 0 Å². The van der Waals surface area contributed by atoms with Crippen LogP contribution in [-0.4, -0.2) is 20.1 Å². The number of nitrogens with two attached hydrogens (primary N) is 1. The van der Waals surface area contributed by atoms with Gasteiger partial charge in [0.2, 0.25) is 5.91 Å². The fraction of sp³-hybridized carbons (Fsp3) is 0.500. The molecule has 0 spiro atoms. The van der Waals surface area contributed by atoms with E-state index in [-0.39, 0.29) is 0 Å². The van der Waals surface area contributed by atoms with Crippen LogP contribution in [0.2, 0.25) is 0 Å². The van der Waals surface area contributed by atoms with Gasteiger partial charge in [0, 0.05) is 20.6 Å². The fourth-order valence-corrected chi connectivity index (χ4v) is 1.47. The van der Waals surface area contributed by atoms with Crippen LogP contribution in [0.25, 0.3) is 0 Å². The average molecular weight is 263 g/mol. The van der Waals surface area contributed by atoms with Gasteiger partial charge in [0.05, 0.1) is 5.56 Å². The molecule has 102 valence electrons. The Balaban J connectivity index is 2.65. The highest BCUT2D eigenvalue weighted by Crippen LogP contribution is 2.29. The van der Waals surface area contributed by atoms with Gasteiger partial charge >= 0.3 is 6.18 Å². The smallest absolute Gasteiger partial charge is 0.341 e. The first-order valence-electron chi connectivity index (χ1n) is 5.36. The number of hydrogen-bond donors (Lipinski definition) is 1. The lowest BCUT2D eigenvalue weighted by Gasteiger charge is -2.25. The van der Waals surface area contributed by atoms with Gasteiger partial charge in [-0.05, 0) is 24.1 Å². The molecule has 0 saturated heterocycles. The van der Waals surface area contributed by atoms with Gasteiger partial charge in [-0.2, -0.15) is 13.2 Å². The lowest BCUT2D eigenvalue weighted by atomic mass is 10.1. The molecule has 2 N–H and O–H groups in total. The molecule has 0 aromatic heterocycles. The van der Waals surface area contributed by atoms with Gasteiger partial charge in [-0.25, -0.2) is 0 Å². The van der Waals surface area contributed by atoms with Crippen molar-refractivity contribution >= 4 is 0 Å². The molecule has 0 saturated carbocycles. The van der Waals surface area contributed by atoms with E-state index in [2.05, 4.69) is 0 Å². The van der Waals surface area contributed by atoms with Crippen molar-refractivity contribution in [3.05, 3.63) is 35.4 Å². The van der Waals surface area contributed by atoms with E-state index in [4.69, 9.17) is 15.2 Å². The van der Waals surface area contributed by atoms with E-state index in [0.29, 0.717) is 12.8 Å². The second kappa shape index (κ2) is 5.69. The minimum atomic E-state index is -4.31. The zero-order chi connectivity index (χ0) is 13.8. The Bertz CT molecular complexity index is 372. The monoisotopic (exact) mass is 263 g/mol. The predicted molar refractivity (Wildman–Crippen MR) is 60.7 cm³/mol. The second-order valence-electron chi connectivity index (χ2n) is 3.91. The Morgan fingerprint density at radius 1 is 1.06 bits per heavy atom. The summed E-state index contributed by atoms with van der Waals surface area (Å²) in [6, 6.07) is 4.95. The van der Waals surface area contributed by atoms with Crippen LogP contribution in [0.5, 0.6) is 0 Å². The highest BCUT2D eigenvalue weighted by Gasteiger charge is 2.30. The van der Waals surface area contributed by atoms with Crippen LogP contribution in [0, 0.1) is 0 Å². The summed E-state index contributed by atoms with van der Waals surface area (Å²) < 4.78 is 47.0. The Morgan fingerprint density at radius 3 is 1.94 bits per heavy atom. The first kappa shape index (κ1) is 14.9. The van der Waals surface area contributed by atoms with E-state index in [1.54, 1.807) is 0 Å². The Labute approximate surface area is 104 Å². The van der Waals surface area contributed by atoms with Crippen molar-refractivity contribution in [2.75, 3.05) is 14.2 Å². The van der Waals surface area contributed by atoms with E-state index >= 15 is 0 Å². The summed E-state index contributed by atoms with van der Waals surface area (Å²) in [6.07, 6.45) is -3.49. The third kappa shape index (κ3) is 3.97. The minimum Gasteiger partial charge on any atom is -0.341 e. The van der Waals surface area contributed by atoms with Gasteiger partial charge in [-0.1, -0.05) is 12.1 Å². The molecule has 1 aromatic rings. The van der Waals surface area contributed by atoms with E-state index in [1.807, 2.05) is 0 Å². The van der Waals surface area contributed by atoms with Crippen molar-refractivity contribution in [1.82, 2.24) is 0 Å². The Hall–Kier alpha value is -1.11. The van der Waals surface area contributed by atoms with Crippen molar-refractivity contribution in [3.63, 3.8) is 0 Å². The summed E-state index contributed by atoms with van der Waals surface area (Å²) in [6.45, 7) is 0. The Morgan fingerprint density at radius 2 is 1.56 bits per heavy atom. The van der Waals surface area contributed by atoms with E-state index in [1.165, 1.54) is 26.4 Å². The summed E-state index contributed by atoms with van der Waals surface area (Å²) in [5.41, 5.74) is 5.80. The number of hydrogen-bond acceptors (Lipinski definition) is 3. The summed E-state index contributed by atoms with van der Waals surface area (Å²) >= 11 is 0. The van der Waals surface area contributed by atoms with Crippen LogP contribution >= 0.6 is 0 Å². The molecular formula is C12H16F3NO2. The highest BCUT2D eigenvalue weighted by molar-refractivity contribution is 5.24. The molecule has 0 fully saturated rings. The first-order chi connectivity index (χ1) is 8.30. The quantitative estimate of drug-likeness (QED) is 0.830. The number of rotatable bonds is 5. The number of aryl methyl sites for hydroxylation is 1. The third-order valence-electron chi connectivity index (χ3n) is 2.73. The van der Waals surface area contributed by atoms with Crippen molar-refractivity contribution in [1.29, 1.82) is 0 Å². The molecule has 0 aliphatic heterocycles. The molecular weight excluding hydrogens is 247 g/mol. The van der Waals surface area contributed by atoms with Gasteiger partial charge in [0.25, 0.3) is 0 Å². The molecule has 0 aliphatic rings. The number of benzene rings is 1. The van der Waals surface area contributed by atoms with Gasteiger partial charge in [-0.3, -0.25) is 5.73 Å². The average Bonchev–Trinajstić information content (AvgIpc) is 2.35. The summed E-state index contributed by atoms with van der Waals surface area (Å²) in [5.74, 6) is -1.21. The van der Waals surface area contributed by atoms with Gasteiger partial charge < -0.3 is 9.47 Å². The van der Waals surface area contributed by atoms with Gasteiger partial charge in [0.1, 0.15) is 0 Å². The normalized spacial score (nSPS) is 12.8. The molecule has 6 heteroatoms. The molecule has 0 unspecified atom stereocenters. The fourth-order valence-electron chi connectivity index (χ4n) is 1.47. The van der Waals surface area contributed by atoms with Crippen LogP contribution in [0.1, 0.15) is 17.5 Å². The second-order valence-corrected chi connectivity index (χ2v) is 3.91. The molecule has 0 atom stereocenters. The number of methoxy groups -OCH3 is 2. The van der Waals surface area contributed by atoms with Crippen molar-refractivity contribution < 1.29 is 22.6 Å². The van der Waals surface area contributed by atoms with Crippen LogP contribution in [-0.2, 0) is 22.1 Å². The number of halogens is 3. The van der Waals surface area contributed by atoms with Crippen molar-refractivity contribution in [2.24, 2.45) is 5.73 Å². The minimum absolute atomic E-state index is 0.353. The largest absolute Gasteiger partial charge is 0.416 e. The SMILES string of the molecule is COC(N)(CCc1ccc(C(F)(F)F)cc1)OC. The zero-order valence-electron chi connectivity index (χ0n) is 10.3. The van der Waals surface area contributed by atoms with Crippen LogP contribution in [0.15, 0.2) is 24.3 Å². The van der Waals surface area contributed by atoms with Crippen LogP contribution in [0.4, 0.5) is 13.2 Å². The summed E-state index contributed by atoms with van der Waals surface area (Å²) in [7, 11) is 2.83. The molecule has 3 nitrogen and oxygen atoms in total. The van der Waals surface area contributed by atoms with Gasteiger partial charge in [0.15, 0.2) is 0 Å². The summed E-state index contributed by atoms with van der Waals surface area (Å²) in [5, 5.41) is 0. The lowest BCUT2D eigenvalue weighted by molar-refractivity contribution is -0.206. The summed E-state index contributed by atoms with van der Waals surface area (Å²) in [4.78, 5) is 0. The molecule has 0 bridgehead atoms. The zero-order valence-corrected chi connectivity index (χ0v) is 10.3. The van der Waals surface area contributed by atoms with Crippen LogP contribution in [0.3, 0.4) is 0 Å². The molecule has 0 radical (unpaired) electrons. The topological polar surface area (TPSA) is 44.5 Å². The van der Waals surface area contributed by atoms with Crippen LogP contribution < -0.4 is 5.73 Å². The lowest BCUT2D eigenvalue weighted by Crippen LogP contribution is -2.44. The maximum Gasteiger partial charge on any atom is 0.416 e. The van der Waals surface area contributed by atoms with E-state index in [0.717, 1.165) is 17.7 Å². The standard InChI is InChI=1S/C12H16F3NO2/c1-17-11(16,18-2)8-7-9-3-5-10(6-4-9)12(13,14)15/h3-6H,7-8,16H2,1-2H3. The molecule has 1 aromatic carbocycles. The third-order valence-corrected chi connectivity index (χ3v) is 2.73.